The van der Waals surface area contributed by atoms with Crippen LogP contribution in [0.3, 0.4) is 0 Å². The van der Waals surface area contributed by atoms with Gasteiger partial charge in [0.15, 0.2) is 15.6 Å². The standard InChI is InChI=1S/C27H37F3N4O9S/c1-20(2)34(25(37)33(9-7-31-11-15-40-16-12-31)10-8-32-13-17-41-18-14-32)26(42-23(35)24(36)43-26)19-44(38,39)22-5-3-21(4-6-22)27(28,29)30/h3-6,20H,7-19H2,1-2H3. The van der Waals surface area contributed by atoms with Gasteiger partial charge in [0.2, 0.25) is 0 Å². The second-order valence-corrected chi connectivity index (χ2v) is 12.9. The highest BCUT2D eigenvalue weighted by molar-refractivity contribution is 7.91. The fraction of sp³-hybridized carbons (Fsp3) is 0.667. The van der Waals surface area contributed by atoms with Crippen molar-refractivity contribution in [3.63, 3.8) is 0 Å². The number of sulfone groups is 1. The van der Waals surface area contributed by atoms with Crippen molar-refractivity contribution in [1.82, 2.24) is 19.6 Å². The predicted molar refractivity (Wildman–Crippen MR) is 147 cm³/mol. The quantitative estimate of drug-likeness (QED) is 0.251. The number of ether oxygens (including phenoxy) is 4. The van der Waals surface area contributed by atoms with Gasteiger partial charge in [0.25, 0.3) is 0 Å². The summed E-state index contributed by atoms with van der Waals surface area (Å²) >= 11 is 0. The molecule has 0 saturated carbocycles. The molecule has 3 aliphatic rings. The molecule has 1 aromatic rings. The van der Waals surface area contributed by atoms with Gasteiger partial charge in [0, 0.05) is 58.4 Å². The highest BCUT2D eigenvalue weighted by Crippen LogP contribution is 2.34. The van der Waals surface area contributed by atoms with E-state index in [0.29, 0.717) is 77.8 Å². The zero-order valence-corrected chi connectivity index (χ0v) is 25.4. The van der Waals surface area contributed by atoms with E-state index in [-0.39, 0.29) is 13.1 Å². The van der Waals surface area contributed by atoms with E-state index in [1.807, 2.05) is 0 Å². The van der Waals surface area contributed by atoms with E-state index < -0.39 is 62.1 Å². The van der Waals surface area contributed by atoms with Gasteiger partial charge in [-0.3, -0.25) is 9.80 Å². The first kappa shape index (κ1) is 33.9. The number of halogens is 3. The zero-order valence-electron chi connectivity index (χ0n) is 24.6. The third kappa shape index (κ3) is 8.18. The number of amides is 2. The maximum Gasteiger partial charge on any atom is 0.422 e. The third-order valence-electron chi connectivity index (χ3n) is 7.52. The van der Waals surface area contributed by atoms with E-state index in [1.165, 1.54) is 18.7 Å². The Labute approximate surface area is 253 Å². The summed E-state index contributed by atoms with van der Waals surface area (Å²) in [6.45, 7) is 9.23. The van der Waals surface area contributed by atoms with E-state index in [0.717, 1.165) is 17.0 Å². The maximum atomic E-state index is 14.3. The number of esters is 2. The average molecular weight is 651 g/mol. The molecule has 246 valence electrons. The molecule has 17 heteroatoms. The number of alkyl halides is 3. The first-order chi connectivity index (χ1) is 20.7. The molecule has 3 saturated heterocycles. The van der Waals surface area contributed by atoms with E-state index in [4.69, 9.17) is 18.9 Å². The molecule has 4 rings (SSSR count). The number of hydrogen-bond donors (Lipinski definition) is 0. The molecule has 0 N–H and O–H groups in total. The second-order valence-electron chi connectivity index (χ2n) is 10.9. The van der Waals surface area contributed by atoms with Crippen LogP contribution in [0.2, 0.25) is 0 Å². The van der Waals surface area contributed by atoms with Crippen LogP contribution in [0.1, 0.15) is 19.4 Å². The van der Waals surface area contributed by atoms with Gasteiger partial charge in [-0.05, 0) is 38.1 Å². The van der Waals surface area contributed by atoms with Crippen LogP contribution in [0, 0.1) is 0 Å². The Morgan fingerprint density at radius 2 is 1.34 bits per heavy atom. The van der Waals surface area contributed by atoms with Crippen molar-refractivity contribution < 1.29 is 54.9 Å². The van der Waals surface area contributed by atoms with Crippen LogP contribution in [-0.4, -0.2) is 142 Å². The Kier molecular flexibility index (Phi) is 10.8. The molecule has 0 unspecified atom stereocenters. The number of urea groups is 1. The summed E-state index contributed by atoms with van der Waals surface area (Å²) in [4.78, 5) is 45.0. The molecule has 0 bridgehead atoms. The highest BCUT2D eigenvalue weighted by atomic mass is 32.2. The highest BCUT2D eigenvalue weighted by Gasteiger charge is 2.59. The lowest BCUT2D eigenvalue weighted by atomic mass is 10.2. The topological polar surface area (TPSA) is 135 Å². The summed E-state index contributed by atoms with van der Waals surface area (Å²) in [6, 6.07) is 1.10. The van der Waals surface area contributed by atoms with Gasteiger partial charge in [-0.15, -0.1) is 0 Å². The Morgan fingerprint density at radius 3 is 1.75 bits per heavy atom. The number of morpholine rings is 2. The molecule has 0 aliphatic carbocycles. The number of carbonyl (C=O) groups excluding carboxylic acids is 3. The van der Waals surface area contributed by atoms with Gasteiger partial charge in [-0.1, -0.05) is 0 Å². The first-order valence-corrected chi connectivity index (χ1v) is 15.9. The van der Waals surface area contributed by atoms with Crippen molar-refractivity contribution in [3.8, 4) is 0 Å². The predicted octanol–water partition coefficient (Wildman–Crippen LogP) is 1.03. The largest absolute Gasteiger partial charge is 0.422 e. The SMILES string of the molecule is CC(C)N(C(=O)N(CCN1CCOCC1)CCN1CCOCC1)C1(CS(=O)(=O)c2ccc(C(F)(F)F)cc2)OC(=O)C(=O)O1. The summed E-state index contributed by atoms with van der Waals surface area (Å²) in [5.74, 6) is -6.93. The molecule has 0 atom stereocenters. The van der Waals surface area contributed by atoms with Gasteiger partial charge in [-0.25, -0.2) is 27.7 Å². The fourth-order valence-electron chi connectivity index (χ4n) is 5.18. The molecule has 44 heavy (non-hydrogen) atoms. The molecule has 2 amide bonds. The second kappa shape index (κ2) is 14.0. The minimum Gasteiger partial charge on any atom is -0.394 e. The van der Waals surface area contributed by atoms with E-state index in [2.05, 4.69) is 9.80 Å². The monoisotopic (exact) mass is 650 g/mol. The number of cyclic esters (lactones) is 2. The minimum absolute atomic E-state index is 0.218. The van der Waals surface area contributed by atoms with Crippen molar-refractivity contribution in [2.45, 2.75) is 36.9 Å². The van der Waals surface area contributed by atoms with Crippen LogP contribution in [0.15, 0.2) is 29.2 Å². The van der Waals surface area contributed by atoms with Crippen LogP contribution >= 0.6 is 0 Å². The molecule has 0 radical (unpaired) electrons. The Hall–Kier alpha value is -2.99. The zero-order chi connectivity index (χ0) is 32.1. The third-order valence-corrected chi connectivity index (χ3v) is 9.26. The lowest BCUT2D eigenvalue weighted by Crippen LogP contribution is -2.63. The average Bonchev–Trinajstić information content (AvgIpc) is 3.25. The number of nitrogens with zero attached hydrogens (tertiary/aromatic N) is 4. The summed E-state index contributed by atoms with van der Waals surface area (Å²) in [7, 11) is -4.59. The lowest BCUT2D eigenvalue weighted by molar-refractivity contribution is -0.229. The van der Waals surface area contributed by atoms with Crippen molar-refractivity contribution in [3.05, 3.63) is 29.8 Å². The van der Waals surface area contributed by atoms with E-state index in [9.17, 15) is 36.0 Å². The smallest absolute Gasteiger partial charge is 0.394 e. The Morgan fingerprint density at radius 1 is 0.886 bits per heavy atom. The van der Waals surface area contributed by atoms with Gasteiger partial charge in [0.05, 0.1) is 36.9 Å². The van der Waals surface area contributed by atoms with Gasteiger partial charge in [0.1, 0.15) is 0 Å². The molecule has 13 nitrogen and oxygen atoms in total. The minimum atomic E-state index is -4.70. The van der Waals surface area contributed by atoms with Crippen LogP contribution in [0.25, 0.3) is 0 Å². The Bertz CT molecular complexity index is 1240. The molecular weight excluding hydrogens is 613 g/mol. The number of rotatable bonds is 11. The normalized spacial score (nSPS) is 20.0. The molecule has 1 aromatic carbocycles. The van der Waals surface area contributed by atoms with Crippen LogP contribution < -0.4 is 0 Å². The van der Waals surface area contributed by atoms with Crippen molar-refractivity contribution in [2.24, 2.45) is 0 Å². The molecule has 3 aliphatic heterocycles. The number of benzene rings is 1. The van der Waals surface area contributed by atoms with Gasteiger partial charge in [-0.2, -0.15) is 13.2 Å². The number of carbonyl (C=O) groups is 3. The van der Waals surface area contributed by atoms with Crippen LogP contribution in [0.5, 0.6) is 0 Å². The molecule has 0 spiro atoms. The molecule has 3 fully saturated rings. The Balaban J connectivity index is 1.63. The lowest BCUT2D eigenvalue weighted by Gasteiger charge is -2.42. The summed E-state index contributed by atoms with van der Waals surface area (Å²) in [5.41, 5.74) is -1.07. The van der Waals surface area contributed by atoms with Crippen molar-refractivity contribution in [2.75, 3.05) is 84.5 Å². The molecular formula is C27H37F3N4O9S. The van der Waals surface area contributed by atoms with E-state index in [1.54, 1.807) is 0 Å². The van der Waals surface area contributed by atoms with Crippen LogP contribution in [0.4, 0.5) is 18.0 Å². The van der Waals surface area contributed by atoms with Crippen molar-refractivity contribution in [1.29, 1.82) is 0 Å². The maximum absolute atomic E-state index is 14.3. The summed E-state index contributed by atoms with van der Waals surface area (Å²) in [6.07, 6.45) is -4.70. The summed E-state index contributed by atoms with van der Waals surface area (Å²) in [5, 5.41) is 0. The first-order valence-electron chi connectivity index (χ1n) is 14.3. The van der Waals surface area contributed by atoms with Gasteiger partial charge >= 0.3 is 30.1 Å². The fourth-order valence-corrected chi connectivity index (χ4v) is 6.64. The van der Waals surface area contributed by atoms with Crippen molar-refractivity contribution >= 4 is 27.8 Å². The summed E-state index contributed by atoms with van der Waals surface area (Å²) < 4.78 is 87.5. The van der Waals surface area contributed by atoms with E-state index >= 15 is 0 Å². The van der Waals surface area contributed by atoms with Gasteiger partial charge < -0.3 is 23.8 Å². The molecule has 3 heterocycles. The molecule has 0 aromatic heterocycles. The number of hydrogen-bond acceptors (Lipinski definition) is 11. The van der Waals surface area contributed by atoms with Crippen LogP contribution in [-0.2, 0) is 44.6 Å².